The standard InChI is InChI=1S/C21H22F3N3O3/c1-21(2,16-12-29-19(25-16)13-6-8-14(22)9-7-13)11-10-15(28)4-3-5-17-26-20(18(23)24)30-27-17/h6-9,12,18H,3-5,10-11H2,1-2H3. The zero-order chi connectivity index (χ0) is 21.7. The van der Waals surface area contributed by atoms with Gasteiger partial charge in [-0.05, 0) is 37.1 Å². The van der Waals surface area contributed by atoms with Gasteiger partial charge in [0, 0.05) is 30.2 Å². The van der Waals surface area contributed by atoms with Crippen LogP contribution in [0.15, 0.2) is 39.5 Å². The van der Waals surface area contributed by atoms with E-state index in [0.29, 0.717) is 49.3 Å². The first-order valence-corrected chi connectivity index (χ1v) is 9.59. The van der Waals surface area contributed by atoms with Crippen LogP contribution in [0.2, 0.25) is 0 Å². The van der Waals surface area contributed by atoms with Gasteiger partial charge in [-0.15, -0.1) is 0 Å². The van der Waals surface area contributed by atoms with Crippen molar-refractivity contribution >= 4 is 5.78 Å². The van der Waals surface area contributed by atoms with Crippen LogP contribution >= 0.6 is 0 Å². The van der Waals surface area contributed by atoms with Crippen LogP contribution in [0.5, 0.6) is 0 Å². The molecule has 9 heteroatoms. The molecule has 0 bridgehead atoms. The summed E-state index contributed by atoms with van der Waals surface area (Å²) >= 11 is 0. The molecule has 0 saturated heterocycles. The Bertz CT molecular complexity index is 981. The summed E-state index contributed by atoms with van der Waals surface area (Å²) in [5.74, 6) is -0.409. The van der Waals surface area contributed by atoms with E-state index in [1.165, 1.54) is 12.1 Å². The van der Waals surface area contributed by atoms with Gasteiger partial charge < -0.3 is 8.94 Å². The number of rotatable bonds is 10. The molecule has 3 rings (SSSR count). The molecular weight excluding hydrogens is 399 g/mol. The van der Waals surface area contributed by atoms with E-state index < -0.39 is 17.7 Å². The molecule has 30 heavy (non-hydrogen) atoms. The third kappa shape index (κ3) is 5.55. The van der Waals surface area contributed by atoms with Gasteiger partial charge in [-0.3, -0.25) is 4.79 Å². The van der Waals surface area contributed by atoms with Gasteiger partial charge in [0.1, 0.15) is 17.9 Å². The second-order valence-corrected chi connectivity index (χ2v) is 7.67. The Morgan fingerprint density at radius 1 is 1.13 bits per heavy atom. The van der Waals surface area contributed by atoms with E-state index in [2.05, 4.69) is 19.6 Å². The highest BCUT2D eigenvalue weighted by molar-refractivity contribution is 5.78. The van der Waals surface area contributed by atoms with E-state index in [4.69, 9.17) is 4.42 Å². The summed E-state index contributed by atoms with van der Waals surface area (Å²) in [5, 5.41) is 3.47. The third-order valence-corrected chi connectivity index (χ3v) is 4.84. The lowest BCUT2D eigenvalue weighted by Gasteiger charge is -2.21. The molecule has 0 radical (unpaired) electrons. The van der Waals surface area contributed by atoms with E-state index in [9.17, 15) is 18.0 Å². The second kappa shape index (κ2) is 9.23. The third-order valence-electron chi connectivity index (χ3n) is 4.84. The Balaban J connectivity index is 1.48. The number of benzene rings is 1. The highest BCUT2D eigenvalue weighted by Crippen LogP contribution is 2.30. The average Bonchev–Trinajstić information content (AvgIpc) is 3.37. The van der Waals surface area contributed by atoms with E-state index in [1.807, 2.05) is 13.8 Å². The molecule has 0 aliphatic rings. The second-order valence-electron chi connectivity index (χ2n) is 7.67. The smallest absolute Gasteiger partial charge is 0.315 e. The first-order chi connectivity index (χ1) is 14.2. The minimum absolute atomic E-state index is 0.0582. The number of Topliss-reactive ketones (excluding diaryl/α,β-unsaturated/α-hetero) is 1. The fraction of sp³-hybridized carbons (Fsp3) is 0.429. The maximum atomic E-state index is 13.1. The molecule has 0 saturated carbocycles. The van der Waals surface area contributed by atoms with Crippen molar-refractivity contribution in [2.45, 2.75) is 57.8 Å². The fourth-order valence-corrected chi connectivity index (χ4v) is 2.92. The SMILES string of the molecule is CC(C)(CCC(=O)CCCc1noc(C(F)F)n1)c1coc(-c2ccc(F)cc2)n1. The summed E-state index contributed by atoms with van der Waals surface area (Å²) in [7, 11) is 0. The molecule has 6 nitrogen and oxygen atoms in total. The van der Waals surface area contributed by atoms with Crippen molar-refractivity contribution in [2.24, 2.45) is 0 Å². The normalized spacial score (nSPS) is 11.9. The molecule has 160 valence electrons. The molecule has 2 aromatic heterocycles. The van der Waals surface area contributed by atoms with Crippen LogP contribution in [0.1, 0.15) is 63.4 Å². The zero-order valence-electron chi connectivity index (χ0n) is 16.7. The molecule has 0 amide bonds. The maximum Gasteiger partial charge on any atom is 0.315 e. The Labute approximate surface area is 171 Å². The van der Waals surface area contributed by atoms with Gasteiger partial charge >= 0.3 is 6.43 Å². The van der Waals surface area contributed by atoms with Crippen molar-refractivity contribution in [2.75, 3.05) is 0 Å². The molecule has 0 fully saturated rings. The van der Waals surface area contributed by atoms with Gasteiger partial charge in [-0.2, -0.15) is 13.8 Å². The van der Waals surface area contributed by atoms with Crippen LogP contribution in [0.25, 0.3) is 11.5 Å². The minimum atomic E-state index is -2.80. The largest absolute Gasteiger partial charge is 0.444 e. The monoisotopic (exact) mass is 421 g/mol. The van der Waals surface area contributed by atoms with Gasteiger partial charge in [-0.25, -0.2) is 9.37 Å². The summed E-state index contributed by atoms with van der Waals surface area (Å²) in [6, 6.07) is 5.86. The molecular formula is C21H22F3N3O3. The van der Waals surface area contributed by atoms with Crippen molar-refractivity contribution in [3.63, 3.8) is 0 Å². The predicted octanol–water partition coefficient (Wildman–Crippen LogP) is 5.45. The van der Waals surface area contributed by atoms with Crippen molar-refractivity contribution in [3.05, 3.63) is 53.8 Å². The summed E-state index contributed by atoms with van der Waals surface area (Å²) in [4.78, 5) is 20.3. The van der Waals surface area contributed by atoms with Gasteiger partial charge in [0.05, 0.1) is 5.69 Å². The van der Waals surface area contributed by atoms with Gasteiger partial charge in [0.2, 0.25) is 5.89 Å². The van der Waals surface area contributed by atoms with Crippen molar-refractivity contribution in [1.29, 1.82) is 0 Å². The van der Waals surface area contributed by atoms with Crippen LogP contribution in [-0.2, 0) is 16.6 Å². The number of ketones is 1. The molecule has 1 aromatic carbocycles. The lowest BCUT2D eigenvalue weighted by atomic mass is 9.84. The quantitative estimate of drug-likeness (QED) is 0.433. The average molecular weight is 421 g/mol. The minimum Gasteiger partial charge on any atom is -0.444 e. The lowest BCUT2D eigenvalue weighted by Crippen LogP contribution is -2.19. The van der Waals surface area contributed by atoms with Crippen LogP contribution in [-0.4, -0.2) is 20.9 Å². The first kappa shape index (κ1) is 21.7. The van der Waals surface area contributed by atoms with Crippen LogP contribution in [0.3, 0.4) is 0 Å². The summed E-state index contributed by atoms with van der Waals surface area (Å²) in [6.45, 7) is 3.94. The van der Waals surface area contributed by atoms with Gasteiger partial charge in [0.15, 0.2) is 5.82 Å². The summed E-state index contributed by atoms with van der Waals surface area (Å²) < 4.78 is 47.9. The number of oxazole rings is 1. The molecule has 0 aliphatic heterocycles. The number of halogens is 3. The predicted molar refractivity (Wildman–Crippen MR) is 101 cm³/mol. The number of hydrogen-bond donors (Lipinski definition) is 0. The maximum absolute atomic E-state index is 13.1. The highest BCUT2D eigenvalue weighted by atomic mass is 19.3. The number of hydrogen-bond acceptors (Lipinski definition) is 6. The summed E-state index contributed by atoms with van der Waals surface area (Å²) in [5.41, 5.74) is 0.990. The number of alkyl halides is 2. The molecule has 3 aromatic rings. The number of aromatic nitrogens is 3. The number of nitrogens with zero attached hydrogens (tertiary/aromatic N) is 3. The topological polar surface area (TPSA) is 82.0 Å². The highest BCUT2D eigenvalue weighted by Gasteiger charge is 2.26. The van der Waals surface area contributed by atoms with Gasteiger partial charge in [0.25, 0.3) is 5.89 Å². The summed E-state index contributed by atoms with van der Waals surface area (Å²) in [6.07, 6.45) is 0.735. The van der Waals surface area contributed by atoms with Crippen LogP contribution < -0.4 is 0 Å². The number of carbonyl (C=O) groups is 1. The molecule has 0 spiro atoms. The molecule has 0 unspecified atom stereocenters. The van der Waals surface area contributed by atoms with Crippen LogP contribution in [0.4, 0.5) is 13.2 Å². The van der Waals surface area contributed by atoms with E-state index >= 15 is 0 Å². The number of aryl methyl sites for hydroxylation is 1. The molecule has 0 N–H and O–H groups in total. The van der Waals surface area contributed by atoms with E-state index in [0.717, 1.165) is 0 Å². The van der Waals surface area contributed by atoms with Gasteiger partial charge in [-0.1, -0.05) is 19.0 Å². The van der Waals surface area contributed by atoms with E-state index in [1.54, 1.807) is 18.4 Å². The Morgan fingerprint density at radius 3 is 2.53 bits per heavy atom. The Kier molecular flexibility index (Phi) is 6.69. The number of carbonyl (C=O) groups excluding carboxylic acids is 1. The fourth-order valence-electron chi connectivity index (χ4n) is 2.92. The van der Waals surface area contributed by atoms with Crippen molar-refractivity contribution in [1.82, 2.24) is 15.1 Å². The zero-order valence-corrected chi connectivity index (χ0v) is 16.7. The molecule has 2 heterocycles. The first-order valence-electron chi connectivity index (χ1n) is 9.59. The Hall–Kier alpha value is -2.97. The van der Waals surface area contributed by atoms with Crippen molar-refractivity contribution in [3.8, 4) is 11.5 Å². The van der Waals surface area contributed by atoms with E-state index in [-0.39, 0.29) is 17.4 Å². The van der Waals surface area contributed by atoms with Crippen LogP contribution in [0, 0.1) is 5.82 Å². The lowest BCUT2D eigenvalue weighted by molar-refractivity contribution is -0.119. The Morgan fingerprint density at radius 2 is 1.87 bits per heavy atom. The van der Waals surface area contributed by atoms with Crippen molar-refractivity contribution < 1.29 is 26.9 Å². The molecule has 0 atom stereocenters. The molecule has 0 aliphatic carbocycles.